The summed E-state index contributed by atoms with van der Waals surface area (Å²) in [7, 11) is 0. The van der Waals surface area contributed by atoms with Gasteiger partial charge in [0.2, 0.25) is 5.28 Å². The molecule has 0 bridgehead atoms. The first-order valence-electron chi connectivity index (χ1n) is 4.81. The number of aromatic nitrogens is 2. The van der Waals surface area contributed by atoms with Crippen LogP contribution in [0.2, 0.25) is 5.28 Å². The van der Waals surface area contributed by atoms with Crippen LogP contribution >= 0.6 is 11.6 Å². The monoisotopic (exact) mass is 233 g/mol. The standard InChI is InChI=1S/C11H8ClN3O/c12-11-14-7-5-6-3-1-2-4-8(6)16-9(7)10(13)15-11/h1-4H,5H2,(H2,13,14,15). The molecule has 0 saturated carbocycles. The maximum Gasteiger partial charge on any atom is 0.224 e. The van der Waals surface area contributed by atoms with Crippen molar-refractivity contribution in [3.63, 3.8) is 0 Å². The summed E-state index contributed by atoms with van der Waals surface area (Å²) >= 11 is 5.75. The zero-order valence-electron chi connectivity index (χ0n) is 8.27. The molecule has 5 heteroatoms. The Kier molecular flexibility index (Phi) is 1.97. The van der Waals surface area contributed by atoms with Crippen LogP contribution in [0.3, 0.4) is 0 Å². The van der Waals surface area contributed by atoms with Gasteiger partial charge in [0, 0.05) is 12.0 Å². The van der Waals surface area contributed by atoms with Crippen LogP contribution < -0.4 is 10.5 Å². The van der Waals surface area contributed by atoms with Crippen molar-refractivity contribution in [2.45, 2.75) is 6.42 Å². The van der Waals surface area contributed by atoms with Crippen LogP contribution in [-0.4, -0.2) is 9.97 Å². The number of nitrogen functional groups attached to an aromatic ring is 1. The fourth-order valence-corrected chi connectivity index (χ4v) is 1.95. The molecular weight excluding hydrogens is 226 g/mol. The lowest BCUT2D eigenvalue weighted by Gasteiger charge is -2.19. The number of halogens is 1. The molecule has 2 heterocycles. The van der Waals surface area contributed by atoms with Gasteiger partial charge in [-0.3, -0.25) is 0 Å². The van der Waals surface area contributed by atoms with E-state index in [0.717, 1.165) is 17.0 Å². The number of benzene rings is 1. The molecule has 0 atom stereocenters. The van der Waals surface area contributed by atoms with E-state index in [-0.39, 0.29) is 11.1 Å². The highest BCUT2D eigenvalue weighted by molar-refractivity contribution is 6.28. The Balaban J connectivity index is 2.15. The van der Waals surface area contributed by atoms with Crippen LogP contribution in [0.5, 0.6) is 11.5 Å². The molecule has 1 aromatic heterocycles. The zero-order valence-corrected chi connectivity index (χ0v) is 9.03. The number of anilines is 1. The van der Waals surface area contributed by atoms with Crippen molar-refractivity contribution < 1.29 is 4.74 Å². The number of rotatable bonds is 0. The van der Waals surface area contributed by atoms with Gasteiger partial charge in [0.1, 0.15) is 5.75 Å². The molecule has 80 valence electrons. The summed E-state index contributed by atoms with van der Waals surface area (Å²) in [4.78, 5) is 7.99. The Morgan fingerprint density at radius 2 is 2.06 bits per heavy atom. The molecule has 2 N–H and O–H groups in total. The van der Waals surface area contributed by atoms with Crippen molar-refractivity contribution in [3.05, 3.63) is 40.8 Å². The molecule has 3 rings (SSSR count). The minimum atomic E-state index is 0.152. The molecule has 0 amide bonds. The quantitative estimate of drug-likeness (QED) is 0.606. The van der Waals surface area contributed by atoms with Gasteiger partial charge in [-0.2, -0.15) is 4.98 Å². The molecular formula is C11H8ClN3O. The van der Waals surface area contributed by atoms with Crippen LogP contribution in [-0.2, 0) is 6.42 Å². The molecule has 2 aromatic rings. The predicted octanol–water partition coefficient (Wildman–Crippen LogP) is 2.41. The first-order chi connectivity index (χ1) is 7.74. The van der Waals surface area contributed by atoms with Gasteiger partial charge in [-0.15, -0.1) is 0 Å². The van der Waals surface area contributed by atoms with E-state index in [1.54, 1.807) is 0 Å². The minimum absolute atomic E-state index is 0.152. The van der Waals surface area contributed by atoms with Gasteiger partial charge in [-0.05, 0) is 17.7 Å². The minimum Gasteiger partial charge on any atom is -0.451 e. The second-order valence-corrected chi connectivity index (χ2v) is 3.88. The highest BCUT2D eigenvalue weighted by Crippen LogP contribution is 2.38. The van der Waals surface area contributed by atoms with Crippen LogP contribution in [0, 0.1) is 0 Å². The normalized spacial score (nSPS) is 12.6. The van der Waals surface area contributed by atoms with Crippen LogP contribution in [0.15, 0.2) is 24.3 Å². The van der Waals surface area contributed by atoms with Crippen molar-refractivity contribution in [3.8, 4) is 11.5 Å². The van der Waals surface area contributed by atoms with Gasteiger partial charge in [0.25, 0.3) is 0 Å². The number of hydrogen-bond acceptors (Lipinski definition) is 4. The average molecular weight is 234 g/mol. The van der Waals surface area contributed by atoms with Crippen LogP contribution in [0.25, 0.3) is 0 Å². The van der Waals surface area contributed by atoms with Gasteiger partial charge in [0.05, 0.1) is 5.69 Å². The van der Waals surface area contributed by atoms with Gasteiger partial charge < -0.3 is 10.5 Å². The number of hydrogen-bond donors (Lipinski definition) is 1. The summed E-state index contributed by atoms with van der Waals surface area (Å²) in [5, 5.41) is 0.152. The second kappa shape index (κ2) is 3.35. The molecule has 0 unspecified atom stereocenters. The molecule has 4 nitrogen and oxygen atoms in total. The van der Waals surface area contributed by atoms with Crippen LogP contribution in [0.1, 0.15) is 11.3 Å². The van der Waals surface area contributed by atoms with Gasteiger partial charge in [-0.1, -0.05) is 18.2 Å². The van der Waals surface area contributed by atoms with E-state index in [1.807, 2.05) is 24.3 Å². The fourth-order valence-electron chi connectivity index (χ4n) is 1.76. The van der Waals surface area contributed by atoms with E-state index >= 15 is 0 Å². The van der Waals surface area contributed by atoms with E-state index in [0.29, 0.717) is 12.2 Å². The zero-order chi connectivity index (χ0) is 11.1. The van der Waals surface area contributed by atoms with Crippen LogP contribution in [0.4, 0.5) is 5.82 Å². The lowest BCUT2D eigenvalue weighted by Crippen LogP contribution is -2.09. The van der Waals surface area contributed by atoms with Crippen molar-refractivity contribution in [2.75, 3.05) is 5.73 Å². The average Bonchev–Trinajstić information content (AvgIpc) is 2.27. The molecule has 1 aliphatic heterocycles. The summed E-state index contributed by atoms with van der Waals surface area (Å²) in [6.45, 7) is 0. The Morgan fingerprint density at radius 3 is 2.94 bits per heavy atom. The van der Waals surface area contributed by atoms with Gasteiger partial charge in [-0.25, -0.2) is 4.98 Å². The SMILES string of the molecule is Nc1nc(Cl)nc2c1Oc1ccccc1C2. The topological polar surface area (TPSA) is 61.0 Å². The Morgan fingerprint density at radius 1 is 1.25 bits per heavy atom. The molecule has 1 aromatic carbocycles. The molecule has 16 heavy (non-hydrogen) atoms. The van der Waals surface area contributed by atoms with E-state index in [1.165, 1.54) is 0 Å². The van der Waals surface area contributed by atoms with Crippen molar-refractivity contribution >= 4 is 17.4 Å². The highest BCUT2D eigenvalue weighted by Gasteiger charge is 2.21. The third-order valence-electron chi connectivity index (χ3n) is 2.48. The first kappa shape index (κ1) is 9.42. The fraction of sp³-hybridized carbons (Fsp3) is 0.0909. The Hall–Kier alpha value is -1.81. The van der Waals surface area contributed by atoms with Gasteiger partial charge >= 0.3 is 0 Å². The van der Waals surface area contributed by atoms with Crippen molar-refractivity contribution in [2.24, 2.45) is 0 Å². The summed E-state index contributed by atoms with van der Waals surface area (Å²) in [5.41, 5.74) is 7.54. The Bertz CT molecular complexity index is 571. The van der Waals surface area contributed by atoms with E-state index in [4.69, 9.17) is 22.1 Å². The maximum atomic E-state index is 5.75. The molecule has 1 aliphatic rings. The number of nitrogens with two attached hydrogens (primary N) is 1. The number of ether oxygens (including phenoxy) is 1. The Labute approximate surface area is 97.0 Å². The molecule has 0 radical (unpaired) electrons. The third-order valence-corrected chi connectivity index (χ3v) is 2.65. The lowest BCUT2D eigenvalue weighted by atomic mass is 10.1. The number of nitrogens with zero attached hydrogens (tertiary/aromatic N) is 2. The maximum absolute atomic E-state index is 5.75. The first-order valence-corrected chi connectivity index (χ1v) is 5.19. The summed E-state index contributed by atoms with van der Waals surface area (Å²) in [6, 6.07) is 7.76. The predicted molar refractivity (Wildman–Crippen MR) is 60.8 cm³/mol. The van der Waals surface area contributed by atoms with Crippen molar-refractivity contribution in [1.82, 2.24) is 9.97 Å². The second-order valence-electron chi connectivity index (χ2n) is 3.54. The summed E-state index contributed by atoms with van der Waals surface area (Å²) in [6.07, 6.45) is 0.665. The third kappa shape index (κ3) is 1.39. The number of fused-ring (bicyclic) bond motifs is 2. The largest absolute Gasteiger partial charge is 0.451 e. The molecule has 0 saturated heterocycles. The smallest absolute Gasteiger partial charge is 0.224 e. The van der Waals surface area contributed by atoms with Gasteiger partial charge in [0.15, 0.2) is 11.6 Å². The number of para-hydroxylation sites is 1. The molecule has 0 aliphatic carbocycles. The van der Waals surface area contributed by atoms with E-state index < -0.39 is 0 Å². The van der Waals surface area contributed by atoms with E-state index in [2.05, 4.69) is 9.97 Å². The van der Waals surface area contributed by atoms with Crippen molar-refractivity contribution in [1.29, 1.82) is 0 Å². The summed E-state index contributed by atoms with van der Waals surface area (Å²) in [5.74, 6) is 1.60. The lowest BCUT2D eigenvalue weighted by molar-refractivity contribution is 0.455. The summed E-state index contributed by atoms with van der Waals surface area (Å²) < 4.78 is 5.65. The molecule has 0 spiro atoms. The molecule has 0 fully saturated rings. The van der Waals surface area contributed by atoms with E-state index in [9.17, 15) is 0 Å². The highest BCUT2D eigenvalue weighted by atomic mass is 35.5.